The molecular formula is C15H15Cl2NS. The van der Waals surface area contributed by atoms with Gasteiger partial charge in [0.05, 0.1) is 0 Å². The van der Waals surface area contributed by atoms with Crippen LogP contribution in [-0.4, -0.2) is 5.75 Å². The Morgan fingerprint density at radius 2 is 1.79 bits per heavy atom. The average molecular weight is 312 g/mol. The first-order valence-electron chi connectivity index (χ1n) is 5.96. The maximum Gasteiger partial charge on any atom is 0.0438 e. The van der Waals surface area contributed by atoms with Crippen LogP contribution in [0, 0.1) is 6.92 Å². The summed E-state index contributed by atoms with van der Waals surface area (Å²) in [5.74, 6) is 0.807. The summed E-state index contributed by atoms with van der Waals surface area (Å²) in [4.78, 5) is 1.16. The van der Waals surface area contributed by atoms with Crippen LogP contribution in [0.4, 0.5) is 0 Å². The van der Waals surface area contributed by atoms with Crippen molar-refractivity contribution in [3.05, 3.63) is 63.6 Å². The fourth-order valence-corrected chi connectivity index (χ4v) is 2.86. The smallest absolute Gasteiger partial charge is 0.0438 e. The molecule has 0 amide bonds. The molecule has 0 aliphatic carbocycles. The van der Waals surface area contributed by atoms with E-state index in [0.29, 0.717) is 0 Å². The van der Waals surface area contributed by atoms with Crippen LogP contribution in [0.15, 0.2) is 47.4 Å². The third-order valence-corrected chi connectivity index (χ3v) is 4.66. The molecule has 0 fully saturated rings. The van der Waals surface area contributed by atoms with Crippen molar-refractivity contribution >= 4 is 35.0 Å². The molecule has 2 aromatic rings. The van der Waals surface area contributed by atoms with E-state index < -0.39 is 0 Å². The van der Waals surface area contributed by atoms with Crippen LogP contribution >= 0.6 is 35.0 Å². The molecule has 1 unspecified atom stereocenters. The second kappa shape index (κ2) is 6.67. The Balaban J connectivity index is 1.98. The van der Waals surface area contributed by atoms with Crippen molar-refractivity contribution in [1.82, 2.24) is 0 Å². The summed E-state index contributed by atoms with van der Waals surface area (Å²) in [7, 11) is 0. The molecule has 0 aliphatic heterocycles. The molecule has 2 rings (SSSR count). The van der Waals surface area contributed by atoms with E-state index in [1.165, 1.54) is 0 Å². The van der Waals surface area contributed by atoms with Gasteiger partial charge in [0.25, 0.3) is 0 Å². The monoisotopic (exact) mass is 311 g/mol. The molecule has 4 heteroatoms. The molecule has 0 heterocycles. The minimum atomic E-state index is -0.0289. The van der Waals surface area contributed by atoms with Gasteiger partial charge in [0.2, 0.25) is 0 Å². The van der Waals surface area contributed by atoms with Crippen molar-refractivity contribution in [2.45, 2.75) is 17.9 Å². The molecular weight excluding hydrogens is 297 g/mol. The first-order valence-corrected chi connectivity index (χ1v) is 7.70. The Hall–Kier alpha value is -0.670. The third kappa shape index (κ3) is 4.15. The van der Waals surface area contributed by atoms with Crippen LogP contribution in [0.5, 0.6) is 0 Å². The molecule has 1 atom stereocenters. The largest absolute Gasteiger partial charge is 0.323 e. The van der Waals surface area contributed by atoms with E-state index in [1.54, 1.807) is 11.8 Å². The van der Waals surface area contributed by atoms with Crippen molar-refractivity contribution in [1.29, 1.82) is 0 Å². The zero-order chi connectivity index (χ0) is 13.8. The lowest BCUT2D eigenvalue weighted by atomic mass is 10.1. The highest BCUT2D eigenvalue weighted by Gasteiger charge is 2.08. The number of rotatable bonds is 4. The van der Waals surface area contributed by atoms with Crippen LogP contribution < -0.4 is 5.73 Å². The van der Waals surface area contributed by atoms with Gasteiger partial charge in [-0.25, -0.2) is 0 Å². The summed E-state index contributed by atoms with van der Waals surface area (Å²) in [6, 6.07) is 13.7. The summed E-state index contributed by atoms with van der Waals surface area (Å²) in [6.07, 6.45) is 0. The Morgan fingerprint density at radius 3 is 2.42 bits per heavy atom. The number of nitrogens with two attached hydrogens (primary N) is 1. The molecule has 0 aliphatic rings. The van der Waals surface area contributed by atoms with Gasteiger partial charge in [-0.15, -0.1) is 11.8 Å². The number of benzene rings is 2. The van der Waals surface area contributed by atoms with E-state index in [0.717, 1.165) is 31.8 Å². The highest BCUT2D eigenvalue weighted by Crippen LogP contribution is 2.26. The van der Waals surface area contributed by atoms with Crippen molar-refractivity contribution in [2.24, 2.45) is 5.73 Å². The first kappa shape index (κ1) is 14.7. The van der Waals surface area contributed by atoms with Crippen LogP contribution in [0.2, 0.25) is 10.0 Å². The van der Waals surface area contributed by atoms with E-state index in [2.05, 4.69) is 0 Å². The number of hydrogen-bond donors (Lipinski definition) is 1. The van der Waals surface area contributed by atoms with Gasteiger partial charge in [0.15, 0.2) is 0 Å². The quantitative estimate of drug-likeness (QED) is 0.795. The number of halogens is 2. The van der Waals surface area contributed by atoms with E-state index in [-0.39, 0.29) is 6.04 Å². The van der Waals surface area contributed by atoms with E-state index in [4.69, 9.17) is 28.9 Å². The lowest BCUT2D eigenvalue weighted by molar-refractivity contribution is 0.831. The van der Waals surface area contributed by atoms with Gasteiger partial charge in [-0.2, -0.15) is 0 Å². The number of aryl methyl sites for hydroxylation is 1. The van der Waals surface area contributed by atoms with Crippen molar-refractivity contribution in [2.75, 3.05) is 5.75 Å². The predicted octanol–water partition coefficient (Wildman–Crippen LogP) is 5.09. The molecule has 0 bridgehead atoms. The minimum Gasteiger partial charge on any atom is -0.323 e. The normalized spacial score (nSPS) is 12.4. The summed E-state index contributed by atoms with van der Waals surface area (Å²) in [5, 5.41) is 1.52. The molecule has 0 radical (unpaired) electrons. The molecule has 0 saturated heterocycles. The molecule has 100 valence electrons. The Kier molecular flexibility index (Phi) is 5.17. The van der Waals surface area contributed by atoms with Crippen LogP contribution in [0.25, 0.3) is 0 Å². The molecule has 19 heavy (non-hydrogen) atoms. The van der Waals surface area contributed by atoms with Crippen molar-refractivity contribution in [3.63, 3.8) is 0 Å². The SMILES string of the molecule is Cc1ccc(C(N)CSc2ccc(Cl)cc2)cc1Cl. The summed E-state index contributed by atoms with van der Waals surface area (Å²) < 4.78 is 0. The minimum absolute atomic E-state index is 0.0289. The molecule has 0 spiro atoms. The first-order chi connectivity index (χ1) is 9.06. The summed E-state index contributed by atoms with van der Waals surface area (Å²) in [5.41, 5.74) is 8.33. The second-order valence-electron chi connectivity index (χ2n) is 4.38. The fourth-order valence-electron chi connectivity index (χ4n) is 1.65. The van der Waals surface area contributed by atoms with Gasteiger partial charge in [-0.05, 0) is 48.4 Å². The second-order valence-corrected chi connectivity index (χ2v) is 6.32. The average Bonchev–Trinajstić information content (AvgIpc) is 2.41. The zero-order valence-electron chi connectivity index (χ0n) is 10.6. The van der Waals surface area contributed by atoms with Gasteiger partial charge in [0, 0.05) is 26.7 Å². The molecule has 1 nitrogen and oxygen atoms in total. The van der Waals surface area contributed by atoms with Crippen LogP contribution in [0.1, 0.15) is 17.2 Å². The predicted molar refractivity (Wildman–Crippen MR) is 85.3 cm³/mol. The topological polar surface area (TPSA) is 26.0 Å². The van der Waals surface area contributed by atoms with Crippen LogP contribution in [-0.2, 0) is 0 Å². The Bertz CT molecular complexity index is 555. The van der Waals surface area contributed by atoms with E-state index >= 15 is 0 Å². The van der Waals surface area contributed by atoms with Gasteiger partial charge < -0.3 is 5.73 Å². The maximum absolute atomic E-state index is 6.19. The number of thioether (sulfide) groups is 1. The van der Waals surface area contributed by atoms with Gasteiger partial charge in [0.1, 0.15) is 0 Å². The molecule has 0 saturated carbocycles. The lowest BCUT2D eigenvalue weighted by Gasteiger charge is -2.13. The molecule has 2 N–H and O–H groups in total. The van der Waals surface area contributed by atoms with Crippen molar-refractivity contribution in [3.8, 4) is 0 Å². The molecule has 0 aromatic heterocycles. The van der Waals surface area contributed by atoms with Crippen LogP contribution in [0.3, 0.4) is 0 Å². The maximum atomic E-state index is 6.19. The number of hydrogen-bond acceptors (Lipinski definition) is 2. The summed E-state index contributed by atoms with van der Waals surface area (Å²) >= 11 is 13.7. The fraction of sp³-hybridized carbons (Fsp3) is 0.200. The van der Waals surface area contributed by atoms with E-state index in [1.807, 2.05) is 49.4 Å². The van der Waals surface area contributed by atoms with Crippen molar-refractivity contribution < 1.29 is 0 Å². The van der Waals surface area contributed by atoms with Gasteiger partial charge in [-0.3, -0.25) is 0 Å². The third-order valence-electron chi connectivity index (χ3n) is 2.87. The van der Waals surface area contributed by atoms with Gasteiger partial charge >= 0.3 is 0 Å². The van der Waals surface area contributed by atoms with E-state index in [9.17, 15) is 0 Å². The lowest BCUT2D eigenvalue weighted by Crippen LogP contribution is -2.12. The van der Waals surface area contributed by atoms with Gasteiger partial charge in [-0.1, -0.05) is 35.3 Å². The highest BCUT2D eigenvalue weighted by atomic mass is 35.5. The molecule has 2 aromatic carbocycles. The standard InChI is InChI=1S/C15H15Cl2NS/c1-10-2-3-11(8-14(10)17)15(18)9-19-13-6-4-12(16)5-7-13/h2-8,15H,9,18H2,1H3. The zero-order valence-corrected chi connectivity index (χ0v) is 12.9. The summed E-state index contributed by atoms with van der Waals surface area (Å²) in [6.45, 7) is 1.99. The Labute approximate surface area is 128 Å². The highest BCUT2D eigenvalue weighted by molar-refractivity contribution is 7.99. The Morgan fingerprint density at radius 1 is 1.11 bits per heavy atom.